The van der Waals surface area contributed by atoms with Crippen LogP contribution in [0.15, 0.2) is 78.0 Å². The summed E-state index contributed by atoms with van der Waals surface area (Å²) in [5, 5.41) is 14.1. The molecule has 0 saturated carbocycles. The van der Waals surface area contributed by atoms with Crippen LogP contribution >= 0.6 is 0 Å². The molecule has 74 heavy (non-hydrogen) atoms. The molecule has 0 fully saturated rings. The van der Waals surface area contributed by atoms with E-state index >= 15 is 0 Å². The van der Waals surface area contributed by atoms with Crippen LogP contribution in [0.3, 0.4) is 0 Å². The normalized spacial score (nSPS) is 13.4. The van der Waals surface area contributed by atoms with Crippen molar-refractivity contribution in [3.8, 4) is 22.5 Å². The molecule has 8 rings (SSSR count). The number of anilines is 5. The van der Waals surface area contributed by atoms with E-state index in [0.29, 0.717) is 51.3 Å². The number of carbonyl (C=O) groups excluding carboxylic acids is 4. The van der Waals surface area contributed by atoms with Crippen molar-refractivity contribution < 1.29 is 40.9 Å². The van der Waals surface area contributed by atoms with Crippen LogP contribution in [-0.4, -0.2) is 98.4 Å². The molecule has 6 amide bonds. The second kappa shape index (κ2) is 22.9. The summed E-state index contributed by atoms with van der Waals surface area (Å²) in [6.07, 6.45) is 2.15. The molecule has 5 N–H and O–H groups in total. The van der Waals surface area contributed by atoms with Gasteiger partial charge in [-0.25, -0.2) is 51.9 Å². The summed E-state index contributed by atoms with van der Waals surface area (Å²) in [5.74, 6) is -4.05. The third kappa shape index (κ3) is 11.8. The van der Waals surface area contributed by atoms with Gasteiger partial charge in [-0.2, -0.15) is 4.98 Å². The standard InChI is InChI=1S/C28H33F2N7O2.C24H23F2N5O3S/c1-16(2)33-26(38)18-11-10-17(3)19(14-18)23-20-15-32-28(39)37(24-21(29)8-6-9-22(24)30)25(20)35-27(34-23)31-12-7-13-36(4)5;1-12(2)28-22(32)14-9-8-13(3)15(10-14)19-16-11-27-24(33)31(20-17(25)6-5-7-18(20)26)21(16)30-23(29-19)35(4)34/h6,8-11,14,16H,7,12-13,15H2,1-5H3,(H,32,39)(H,33,38)(H,31,34,35);5-10,12H,11H2,1-4H3,(H,27,33)(H,28,32). The van der Waals surface area contributed by atoms with E-state index in [4.69, 9.17) is 4.98 Å². The second-order valence-corrected chi connectivity index (χ2v) is 19.6. The van der Waals surface area contributed by atoms with E-state index in [0.717, 1.165) is 58.2 Å². The Labute approximate surface area is 428 Å². The fourth-order valence-corrected chi connectivity index (χ4v) is 8.53. The number of rotatable bonds is 14. The molecule has 0 radical (unpaired) electrons. The van der Waals surface area contributed by atoms with Crippen molar-refractivity contribution in [2.75, 3.05) is 48.6 Å². The van der Waals surface area contributed by atoms with Crippen LogP contribution in [0.4, 0.5) is 56.1 Å². The number of carbonyl (C=O) groups is 4. The molecule has 6 aromatic rings. The third-order valence-corrected chi connectivity index (χ3v) is 12.3. The minimum atomic E-state index is -1.68. The molecular weight excluding hydrogens is 981 g/mol. The van der Waals surface area contributed by atoms with Crippen LogP contribution < -0.4 is 36.4 Å². The first kappa shape index (κ1) is 53.9. The van der Waals surface area contributed by atoms with Crippen LogP contribution in [0.25, 0.3) is 22.5 Å². The fourth-order valence-electron chi connectivity index (χ4n) is 8.09. The first-order valence-electron chi connectivity index (χ1n) is 23.6. The lowest BCUT2D eigenvalue weighted by molar-refractivity contribution is 0.0934. The highest BCUT2D eigenvalue weighted by Crippen LogP contribution is 2.41. The average molecular weight is 1040 g/mol. The molecule has 17 nitrogen and oxygen atoms in total. The van der Waals surface area contributed by atoms with E-state index in [9.17, 15) is 40.9 Å². The number of urea groups is 2. The van der Waals surface area contributed by atoms with Crippen LogP contribution in [-0.2, 0) is 23.9 Å². The van der Waals surface area contributed by atoms with Gasteiger partial charge >= 0.3 is 12.1 Å². The van der Waals surface area contributed by atoms with Crippen molar-refractivity contribution in [2.24, 2.45) is 0 Å². The van der Waals surface area contributed by atoms with Gasteiger partial charge in [-0.15, -0.1) is 0 Å². The van der Waals surface area contributed by atoms with Gasteiger partial charge in [-0.3, -0.25) is 13.8 Å². The molecule has 0 spiro atoms. The Hall–Kier alpha value is -7.85. The van der Waals surface area contributed by atoms with E-state index < -0.39 is 57.5 Å². The summed E-state index contributed by atoms with van der Waals surface area (Å²) < 4.78 is 71.6. The maximum atomic E-state index is 14.9. The van der Waals surface area contributed by atoms with Gasteiger partial charge < -0.3 is 31.5 Å². The molecule has 4 heterocycles. The predicted octanol–water partition coefficient (Wildman–Crippen LogP) is 8.56. The fraction of sp³-hybridized carbons (Fsp3) is 0.308. The Morgan fingerprint density at radius 3 is 1.53 bits per heavy atom. The maximum Gasteiger partial charge on any atom is 0.328 e. The van der Waals surface area contributed by atoms with Gasteiger partial charge in [0.2, 0.25) is 11.1 Å². The topological polar surface area (TPSA) is 207 Å². The molecule has 388 valence electrons. The smallest absolute Gasteiger partial charge is 0.328 e. The first-order valence-corrected chi connectivity index (χ1v) is 25.1. The van der Waals surface area contributed by atoms with E-state index in [1.807, 2.05) is 66.6 Å². The Bertz CT molecular complexity index is 3150. The van der Waals surface area contributed by atoms with E-state index in [1.165, 1.54) is 18.4 Å². The highest BCUT2D eigenvalue weighted by atomic mass is 32.2. The molecule has 22 heteroatoms. The number of aryl methyl sites for hydroxylation is 2. The third-order valence-electron chi connectivity index (χ3n) is 11.6. The highest BCUT2D eigenvalue weighted by molar-refractivity contribution is 7.84. The summed E-state index contributed by atoms with van der Waals surface area (Å²) in [4.78, 5) is 73.0. The van der Waals surface area contributed by atoms with Gasteiger partial charge in [0.05, 0.1) is 35.3 Å². The van der Waals surface area contributed by atoms with E-state index in [-0.39, 0.29) is 59.7 Å². The number of fused-ring (bicyclic) bond motifs is 2. The minimum absolute atomic E-state index is 0.0332. The largest absolute Gasteiger partial charge is 0.354 e. The monoisotopic (exact) mass is 1040 g/mol. The van der Waals surface area contributed by atoms with Gasteiger partial charge in [0.15, 0.2) is 11.6 Å². The summed E-state index contributed by atoms with van der Waals surface area (Å²) in [5.41, 5.74) is 4.04. The molecule has 0 saturated heterocycles. The Balaban J connectivity index is 0.000000217. The number of benzene rings is 4. The Morgan fingerprint density at radius 2 is 1.11 bits per heavy atom. The lowest BCUT2D eigenvalue weighted by atomic mass is 9.97. The number of amides is 6. The van der Waals surface area contributed by atoms with Crippen molar-refractivity contribution >= 4 is 63.6 Å². The average Bonchev–Trinajstić information content (AvgIpc) is 3.33. The summed E-state index contributed by atoms with van der Waals surface area (Å²) in [6, 6.07) is 15.4. The highest BCUT2D eigenvalue weighted by Gasteiger charge is 2.36. The zero-order chi connectivity index (χ0) is 53.7. The lowest BCUT2D eigenvalue weighted by Crippen LogP contribution is -2.43. The number of nitrogens with zero attached hydrogens (tertiary/aromatic N) is 7. The molecule has 1 atom stereocenters. The second-order valence-electron chi connectivity index (χ2n) is 18.3. The zero-order valence-corrected chi connectivity index (χ0v) is 43.0. The van der Waals surface area contributed by atoms with Gasteiger partial charge in [-0.1, -0.05) is 24.3 Å². The Kier molecular flexibility index (Phi) is 16.7. The van der Waals surface area contributed by atoms with Crippen molar-refractivity contribution in [3.63, 3.8) is 0 Å². The van der Waals surface area contributed by atoms with Crippen LogP contribution in [0.2, 0.25) is 0 Å². The molecule has 2 aliphatic heterocycles. The molecule has 0 bridgehead atoms. The number of hydrogen-bond acceptors (Lipinski definition) is 11. The van der Waals surface area contributed by atoms with Crippen molar-refractivity contribution in [1.82, 2.24) is 46.1 Å². The zero-order valence-electron chi connectivity index (χ0n) is 42.2. The van der Waals surface area contributed by atoms with Crippen molar-refractivity contribution in [3.05, 3.63) is 129 Å². The van der Waals surface area contributed by atoms with Crippen molar-refractivity contribution in [2.45, 2.75) is 78.3 Å². The number of hydrogen-bond donors (Lipinski definition) is 5. The van der Waals surface area contributed by atoms with Gasteiger partial charge in [0.25, 0.3) is 11.8 Å². The van der Waals surface area contributed by atoms with Gasteiger partial charge in [0.1, 0.15) is 34.6 Å². The quantitative estimate of drug-likeness (QED) is 0.0397. The van der Waals surface area contributed by atoms with E-state index in [1.54, 1.807) is 30.3 Å². The molecular formula is C52H56F4N12O5S. The van der Waals surface area contributed by atoms with Crippen LogP contribution in [0.5, 0.6) is 0 Å². The van der Waals surface area contributed by atoms with Gasteiger partial charge in [-0.05, 0) is 128 Å². The molecule has 4 aromatic carbocycles. The summed E-state index contributed by atoms with van der Waals surface area (Å²) in [7, 11) is 2.26. The molecule has 2 aliphatic rings. The van der Waals surface area contributed by atoms with E-state index in [2.05, 4.69) is 41.5 Å². The number of aromatic nitrogens is 4. The minimum Gasteiger partial charge on any atom is -0.354 e. The lowest BCUT2D eigenvalue weighted by Gasteiger charge is -2.31. The molecule has 0 aliphatic carbocycles. The summed E-state index contributed by atoms with van der Waals surface area (Å²) >= 11 is 0. The first-order chi connectivity index (χ1) is 35.1. The summed E-state index contributed by atoms with van der Waals surface area (Å²) in [6.45, 7) is 12.5. The predicted molar refractivity (Wildman–Crippen MR) is 275 cm³/mol. The number of halogens is 4. The Morgan fingerprint density at radius 1 is 0.676 bits per heavy atom. The van der Waals surface area contributed by atoms with Crippen LogP contribution in [0.1, 0.15) is 77.1 Å². The van der Waals surface area contributed by atoms with Gasteiger partial charge in [0, 0.05) is 58.3 Å². The number of para-hydroxylation sites is 2. The van der Waals surface area contributed by atoms with Crippen LogP contribution in [0, 0.1) is 37.1 Å². The number of nitrogens with one attached hydrogen (secondary N) is 5. The maximum absolute atomic E-state index is 14.9. The molecule has 1 unspecified atom stereocenters. The van der Waals surface area contributed by atoms with Crippen molar-refractivity contribution in [1.29, 1.82) is 0 Å². The SMILES string of the molecule is Cc1ccc(C(=O)NC(C)C)cc1-c1nc(NCCCN(C)C)nc2c1CNC(=O)N2c1c(F)cccc1F.Cc1ccc(C(=O)NC(C)C)cc1-c1nc(S(C)=O)nc2c1CNC(=O)N2c1c(F)cccc1F. The molecule has 2 aromatic heterocycles.